The van der Waals surface area contributed by atoms with Gasteiger partial charge in [-0.2, -0.15) is 13.2 Å². The summed E-state index contributed by atoms with van der Waals surface area (Å²) in [5.74, 6) is -2.86. The summed E-state index contributed by atoms with van der Waals surface area (Å²) >= 11 is 0. The lowest BCUT2D eigenvalue weighted by atomic mass is 10.2. The number of carbonyl (C=O) groups is 1. The van der Waals surface area contributed by atoms with E-state index < -0.39 is 29.3 Å². The van der Waals surface area contributed by atoms with Crippen LogP contribution >= 0.6 is 0 Å². The molecule has 0 aliphatic carbocycles. The van der Waals surface area contributed by atoms with Crippen LogP contribution in [0.25, 0.3) is 0 Å². The molecule has 0 saturated carbocycles. The second kappa shape index (κ2) is 4.34. The Hall–Kier alpha value is -1.85. The fourth-order valence-corrected chi connectivity index (χ4v) is 0.963. The van der Waals surface area contributed by atoms with E-state index in [9.17, 15) is 22.4 Å². The van der Waals surface area contributed by atoms with Crippen LogP contribution < -0.4 is 4.74 Å². The van der Waals surface area contributed by atoms with Crippen LogP contribution in [-0.2, 0) is 11.0 Å². The molecule has 0 spiro atoms. The Morgan fingerprint density at radius 1 is 1.38 bits per heavy atom. The minimum atomic E-state index is -4.79. The summed E-state index contributed by atoms with van der Waals surface area (Å²) in [6, 6.07) is 1.76. The van der Waals surface area contributed by atoms with E-state index >= 15 is 0 Å². The van der Waals surface area contributed by atoms with Gasteiger partial charge in [0, 0.05) is 6.08 Å². The van der Waals surface area contributed by atoms with Crippen molar-refractivity contribution in [3.05, 3.63) is 42.2 Å². The Kier molecular flexibility index (Phi) is 3.31. The molecule has 0 radical (unpaired) electrons. The van der Waals surface area contributed by atoms with Crippen molar-refractivity contribution in [1.29, 1.82) is 0 Å². The molecule has 0 heterocycles. The number of halogens is 4. The van der Waals surface area contributed by atoms with Gasteiger partial charge in [-0.25, -0.2) is 9.18 Å². The minimum absolute atomic E-state index is 0.256. The molecule has 0 aliphatic rings. The van der Waals surface area contributed by atoms with Crippen LogP contribution in [0.5, 0.6) is 5.75 Å². The number of hydrogen-bond acceptors (Lipinski definition) is 2. The molecule has 1 aromatic carbocycles. The summed E-state index contributed by atoms with van der Waals surface area (Å²) in [6.45, 7) is 3.04. The topological polar surface area (TPSA) is 26.3 Å². The highest BCUT2D eigenvalue weighted by Crippen LogP contribution is 2.36. The zero-order valence-corrected chi connectivity index (χ0v) is 7.84. The number of hydrogen-bond donors (Lipinski definition) is 0. The summed E-state index contributed by atoms with van der Waals surface area (Å²) in [5, 5.41) is 0. The van der Waals surface area contributed by atoms with E-state index in [0.29, 0.717) is 6.08 Å². The van der Waals surface area contributed by atoms with Crippen LogP contribution in [0.15, 0.2) is 30.9 Å². The second-order valence-electron chi connectivity index (χ2n) is 2.76. The fourth-order valence-electron chi connectivity index (χ4n) is 0.963. The first-order valence-corrected chi connectivity index (χ1v) is 4.05. The van der Waals surface area contributed by atoms with Gasteiger partial charge in [-0.05, 0) is 18.2 Å². The Morgan fingerprint density at radius 3 is 2.50 bits per heavy atom. The molecule has 0 N–H and O–H groups in total. The van der Waals surface area contributed by atoms with E-state index in [1.807, 2.05) is 0 Å². The van der Waals surface area contributed by atoms with Crippen molar-refractivity contribution in [2.45, 2.75) is 6.18 Å². The summed E-state index contributed by atoms with van der Waals surface area (Å²) in [7, 11) is 0. The minimum Gasteiger partial charge on any atom is -0.423 e. The Bertz CT molecular complexity index is 423. The lowest BCUT2D eigenvalue weighted by Crippen LogP contribution is -2.12. The number of benzene rings is 1. The van der Waals surface area contributed by atoms with Crippen LogP contribution in [-0.4, -0.2) is 5.97 Å². The van der Waals surface area contributed by atoms with Crippen molar-refractivity contribution in [2.24, 2.45) is 0 Å². The second-order valence-corrected chi connectivity index (χ2v) is 2.76. The molecule has 0 unspecified atom stereocenters. The highest BCUT2D eigenvalue weighted by atomic mass is 19.4. The van der Waals surface area contributed by atoms with Crippen LogP contribution in [0.3, 0.4) is 0 Å². The molecule has 1 aromatic rings. The molecule has 0 saturated heterocycles. The first-order chi connectivity index (χ1) is 7.34. The van der Waals surface area contributed by atoms with Gasteiger partial charge < -0.3 is 4.74 Å². The SMILES string of the molecule is C=CC(=O)Oc1ccc(F)cc1C(F)(F)F. The zero-order chi connectivity index (χ0) is 12.3. The highest BCUT2D eigenvalue weighted by Gasteiger charge is 2.35. The summed E-state index contributed by atoms with van der Waals surface area (Å²) in [4.78, 5) is 10.7. The monoisotopic (exact) mass is 234 g/mol. The Morgan fingerprint density at radius 2 is 2.00 bits per heavy atom. The quantitative estimate of drug-likeness (QED) is 0.340. The van der Waals surface area contributed by atoms with Crippen molar-refractivity contribution in [2.75, 3.05) is 0 Å². The molecule has 6 heteroatoms. The van der Waals surface area contributed by atoms with Gasteiger partial charge in [0.1, 0.15) is 17.1 Å². The Balaban J connectivity index is 3.18. The maximum Gasteiger partial charge on any atom is 0.420 e. The predicted molar refractivity (Wildman–Crippen MR) is 47.2 cm³/mol. The predicted octanol–water partition coefficient (Wildman–Crippen LogP) is 2.94. The summed E-state index contributed by atoms with van der Waals surface area (Å²) in [6.07, 6.45) is -4.08. The molecular formula is C10H6F4O2. The molecule has 0 fully saturated rings. The summed E-state index contributed by atoms with van der Waals surface area (Å²) < 4.78 is 54.2. The molecule has 0 amide bonds. The normalized spacial score (nSPS) is 11.0. The first kappa shape index (κ1) is 12.2. The third kappa shape index (κ3) is 2.82. The van der Waals surface area contributed by atoms with Gasteiger partial charge in [0.25, 0.3) is 0 Å². The number of esters is 1. The maximum absolute atomic E-state index is 12.6. The zero-order valence-electron chi connectivity index (χ0n) is 7.84. The average molecular weight is 234 g/mol. The smallest absolute Gasteiger partial charge is 0.420 e. The van der Waals surface area contributed by atoms with Crippen LogP contribution in [0.1, 0.15) is 5.56 Å². The van der Waals surface area contributed by atoms with E-state index in [-0.39, 0.29) is 6.07 Å². The van der Waals surface area contributed by atoms with Gasteiger partial charge in [-0.1, -0.05) is 6.58 Å². The third-order valence-corrected chi connectivity index (χ3v) is 1.62. The average Bonchev–Trinajstić information content (AvgIpc) is 2.19. The molecule has 0 atom stereocenters. The molecule has 86 valence electrons. The summed E-state index contributed by atoms with van der Waals surface area (Å²) in [5.41, 5.74) is -1.34. The van der Waals surface area contributed by atoms with Crippen LogP contribution in [0.2, 0.25) is 0 Å². The van der Waals surface area contributed by atoms with Crippen molar-refractivity contribution in [1.82, 2.24) is 0 Å². The number of alkyl halides is 3. The van der Waals surface area contributed by atoms with E-state index in [1.165, 1.54) is 0 Å². The lowest BCUT2D eigenvalue weighted by Gasteiger charge is -2.11. The number of ether oxygens (including phenoxy) is 1. The first-order valence-electron chi connectivity index (χ1n) is 4.05. The van der Waals surface area contributed by atoms with Crippen molar-refractivity contribution < 1.29 is 27.1 Å². The van der Waals surface area contributed by atoms with Gasteiger partial charge in [-0.3, -0.25) is 0 Å². The van der Waals surface area contributed by atoms with E-state index in [2.05, 4.69) is 11.3 Å². The van der Waals surface area contributed by atoms with Gasteiger partial charge in [0.05, 0.1) is 0 Å². The van der Waals surface area contributed by atoms with E-state index in [4.69, 9.17) is 0 Å². The molecule has 0 bridgehead atoms. The van der Waals surface area contributed by atoms with E-state index in [1.54, 1.807) is 0 Å². The number of carbonyl (C=O) groups excluding carboxylic acids is 1. The van der Waals surface area contributed by atoms with E-state index in [0.717, 1.165) is 12.1 Å². The molecular weight excluding hydrogens is 228 g/mol. The van der Waals surface area contributed by atoms with Gasteiger partial charge in [0.2, 0.25) is 0 Å². The lowest BCUT2D eigenvalue weighted by molar-refractivity contribution is -0.141. The van der Waals surface area contributed by atoms with Gasteiger partial charge in [-0.15, -0.1) is 0 Å². The molecule has 2 nitrogen and oxygen atoms in total. The fraction of sp³-hybridized carbons (Fsp3) is 0.100. The number of rotatable bonds is 2. The Labute approximate surface area is 88.1 Å². The largest absolute Gasteiger partial charge is 0.423 e. The van der Waals surface area contributed by atoms with Crippen molar-refractivity contribution >= 4 is 5.97 Å². The van der Waals surface area contributed by atoms with Crippen molar-refractivity contribution in [3.8, 4) is 5.75 Å². The maximum atomic E-state index is 12.6. The standard InChI is InChI=1S/C10H6F4O2/c1-2-9(15)16-8-4-3-6(11)5-7(8)10(12,13)14/h2-5H,1H2. The van der Waals surface area contributed by atoms with Gasteiger partial charge in [0.15, 0.2) is 0 Å². The van der Waals surface area contributed by atoms with Crippen LogP contribution in [0.4, 0.5) is 17.6 Å². The molecule has 16 heavy (non-hydrogen) atoms. The third-order valence-electron chi connectivity index (χ3n) is 1.62. The molecule has 0 aliphatic heterocycles. The molecule has 0 aromatic heterocycles. The highest BCUT2D eigenvalue weighted by molar-refractivity contribution is 5.83. The van der Waals surface area contributed by atoms with Crippen molar-refractivity contribution in [3.63, 3.8) is 0 Å². The molecule has 1 rings (SSSR count). The van der Waals surface area contributed by atoms with Crippen LogP contribution in [0, 0.1) is 5.82 Å². The van der Waals surface area contributed by atoms with Gasteiger partial charge >= 0.3 is 12.1 Å².